The number of nitrogens with one attached hydrogen (secondary N) is 1. The Labute approximate surface area is 194 Å². The first-order valence-electron chi connectivity index (χ1n) is 10.7. The van der Waals surface area contributed by atoms with Gasteiger partial charge in [0.15, 0.2) is 0 Å². The van der Waals surface area contributed by atoms with Gasteiger partial charge in [-0.2, -0.15) is 0 Å². The van der Waals surface area contributed by atoms with Gasteiger partial charge in [0.2, 0.25) is 0 Å². The zero-order chi connectivity index (χ0) is 24.1. The summed E-state index contributed by atoms with van der Waals surface area (Å²) in [7, 11) is 4.66. The Morgan fingerprint density at radius 3 is 2.39 bits per heavy atom. The molecule has 0 aliphatic carbocycles. The summed E-state index contributed by atoms with van der Waals surface area (Å²) in [5.41, 5.74) is 3.48. The third kappa shape index (κ3) is 5.05. The third-order valence-corrected chi connectivity index (χ3v) is 5.67. The molecule has 0 radical (unpaired) electrons. The van der Waals surface area contributed by atoms with Crippen LogP contribution in [-0.4, -0.2) is 51.4 Å². The van der Waals surface area contributed by atoms with Crippen molar-refractivity contribution >= 4 is 12.0 Å². The van der Waals surface area contributed by atoms with Crippen LogP contribution in [0, 0.1) is 13.8 Å². The van der Waals surface area contributed by atoms with Crippen LogP contribution in [0.1, 0.15) is 29.7 Å². The van der Waals surface area contributed by atoms with Crippen LogP contribution in [0.2, 0.25) is 0 Å². The van der Waals surface area contributed by atoms with E-state index >= 15 is 0 Å². The van der Waals surface area contributed by atoms with Crippen molar-refractivity contribution in [2.75, 3.05) is 34.5 Å². The van der Waals surface area contributed by atoms with E-state index in [1.54, 1.807) is 39.3 Å². The Morgan fingerprint density at radius 1 is 1.03 bits per heavy atom. The highest BCUT2D eigenvalue weighted by molar-refractivity contribution is 5.95. The largest absolute Gasteiger partial charge is 0.497 e. The van der Waals surface area contributed by atoms with Gasteiger partial charge in [-0.05, 0) is 62.2 Å². The number of nitrogens with zero attached hydrogens (tertiary/aromatic N) is 1. The Morgan fingerprint density at radius 2 is 1.76 bits per heavy atom. The van der Waals surface area contributed by atoms with Gasteiger partial charge in [-0.25, -0.2) is 9.59 Å². The predicted molar refractivity (Wildman–Crippen MR) is 124 cm³/mol. The van der Waals surface area contributed by atoms with Gasteiger partial charge < -0.3 is 24.3 Å². The highest BCUT2D eigenvalue weighted by Crippen LogP contribution is 2.37. The second-order valence-corrected chi connectivity index (χ2v) is 7.66. The number of likely N-dealkylation sites (N-methyl/N-ethyl adjacent to an activating group) is 1. The first-order valence-corrected chi connectivity index (χ1v) is 10.7. The summed E-state index contributed by atoms with van der Waals surface area (Å²) < 4.78 is 22.2. The van der Waals surface area contributed by atoms with Crippen LogP contribution in [0.15, 0.2) is 47.7 Å². The Kier molecular flexibility index (Phi) is 7.48. The fraction of sp³-hybridized carbons (Fsp3) is 0.360. The van der Waals surface area contributed by atoms with Crippen molar-refractivity contribution in [2.45, 2.75) is 26.8 Å². The quantitative estimate of drug-likeness (QED) is 0.609. The SMILES string of the molecule is CCOC(=O)C1=C(COc2ccc(C)c(C)c2)N(C)C(=O)N[C@@H]1c1cc(OC)ccc1OC. The second-order valence-electron chi connectivity index (χ2n) is 7.66. The number of hydrogen-bond acceptors (Lipinski definition) is 6. The molecule has 0 saturated heterocycles. The molecule has 0 saturated carbocycles. The summed E-state index contributed by atoms with van der Waals surface area (Å²) in [5, 5.41) is 2.88. The Balaban J connectivity index is 2.10. The molecule has 33 heavy (non-hydrogen) atoms. The fourth-order valence-corrected chi connectivity index (χ4v) is 3.64. The van der Waals surface area contributed by atoms with Gasteiger partial charge in [0.05, 0.1) is 38.1 Å². The van der Waals surface area contributed by atoms with E-state index in [1.807, 2.05) is 32.0 Å². The van der Waals surface area contributed by atoms with Crippen LogP contribution in [-0.2, 0) is 9.53 Å². The molecule has 2 amide bonds. The molecule has 176 valence electrons. The summed E-state index contributed by atoms with van der Waals surface area (Å²) in [5.74, 6) is 1.17. The van der Waals surface area contributed by atoms with Crippen LogP contribution in [0.3, 0.4) is 0 Å². The van der Waals surface area contributed by atoms with Crippen LogP contribution in [0.25, 0.3) is 0 Å². The van der Waals surface area contributed by atoms with Crippen molar-refractivity contribution in [1.82, 2.24) is 10.2 Å². The van der Waals surface area contributed by atoms with E-state index in [0.717, 1.165) is 11.1 Å². The highest BCUT2D eigenvalue weighted by atomic mass is 16.5. The first kappa shape index (κ1) is 24.0. The van der Waals surface area contributed by atoms with Gasteiger partial charge in [0.1, 0.15) is 23.9 Å². The van der Waals surface area contributed by atoms with Gasteiger partial charge in [0, 0.05) is 12.6 Å². The van der Waals surface area contributed by atoms with Crippen molar-refractivity contribution in [2.24, 2.45) is 0 Å². The number of methoxy groups -OCH3 is 2. The lowest BCUT2D eigenvalue weighted by molar-refractivity contribution is -0.139. The predicted octanol–water partition coefficient (Wildman–Crippen LogP) is 3.91. The van der Waals surface area contributed by atoms with Gasteiger partial charge in [-0.3, -0.25) is 4.90 Å². The van der Waals surface area contributed by atoms with E-state index < -0.39 is 12.0 Å². The lowest BCUT2D eigenvalue weighted by Crippen LogP contribution is -2.48. The molecule has 1 atom stereocenters. The van der Waals surface area contributed by atoms with Crippen molar-refractivity contribution in [3.05, 3.63) is 64.4 Å². The smallest absolute Gasteiger partial charge is 0.338 e. The van der Waals surface area contributed by atoms with Crippen molar-refractivity contribution < 1.29 is 28.5 Å². The van der Waals surface area contributed by atoms with Gasteiger partial charge >= 0.3 is 12.0 Å². The molecule has 0 fully saturated rings. The number of ether oxygens (including phenoxy) is 4. The molecular weight excluding hydrogens is 424 g/mol. The van der Waals surface area contributed by atoms with E-state index in [0.29, 0.717) is 28.5 Å². The number of esters is 1. The molecule has 0 aromatic heterocycles. The molecule has 1 N–H and O–H groups in total. The number of urea groups is 1. The minimum atomic E-state index is -0.809. The second kappa shape index (κ2) is 10.3. The van der Waals surface area contributed by atoms with Crippen LogP contribution >= 0.6 is 0 Å². The van der Waals surface area contributed by atoms with Gasteiger partial charge in [-0.1, -0.05) is 6.07 Å². The number of rotatable bonds is 8. The van der Waals surface area contributed by atoms with Crippen LogP contribution in [0.4, 0.5) is 4.79 Å². The standard InChI is InChI=1S/C25H30N2O6/c1-7-32-24(28)22-20(14-33-18-9-8-15(2)16(3)12-18)27(4)25(29)26-23(22)19-13-17(30-5)10-11-21(19)31-6/h8-13,23H,7,14H2,1-6H3,(H,26,29)/t23-/m1/s1. The third-order valence-electron chi connectivity index (χ3n) is 5.67. The number of amides is 2. The Hall–Kier alpha value is -3.68. The molecule has 2 aromatic rings. The monoisotopic (exact) mass is 454 g/mol. The summed E-state index contributed by atoms with van der Waals surface area (Å²) >= 11 is 0. The number of carbonyl (C=O) groups is 2. The van der Waals surface area contributed by atoms with E-state index in [2.05, 4.69) is 5.32 Å². The maximum atomic E-state index is 13.1. The van der Waals surface area contributed by atoms with Crippen LogP contribution in [0.5, 0.6) is 17.2 Å². The minimum Gasteiger partial charge on any atom is -0.497 e. The van der Waals surface area contributed by atoms with E-state index in [4.69, 9.17) is 18.9 Å². The van der Waals surface area contributed by atoms with Crippen molar-refractivity contribution in [3.8, 4) is 17.2 Å². The normalized spacial score (nSPS) is 15.8. The zero-order valence-corrected chi connectivity index (χ0v) is 19.9. The highest BCUT2D eigenvalue weighted by Gasteiger charge is 2.38. The van der Waals surface area contributed by atoms with Crippen LogP contribution < -0.4 is 19.5 Å². The lowest BCUT2D eigenvalue weighted by atomic mass is 9.93. The summed E-state index contributed by atoms with van der Waals surface area (Å²) in [6.45, 7) is 5.94. The average molecular weight is 455 g/mol. The summed E-state index contributed by atoms with van der Waals surface area (Å²) in [6, 6.07) is 9.77. The molecule has 1 aliphatic heterocycles. The van der Waals surface area contributed by atoms with E-state index in [-0.39, 0.29) is 24.8 Å². The topological polar surface area (TPSA) is 86.3 Å². The van der Waals surface area contributed by atoms with Crippen molar-refractivity contribution in [3.63, 3.8) is 0 Å². The minimum absolute atomic E-state index is 0.00333. The fourth-order valence-electron chi connectivity index (χ4n) is 3.64. The maximum Gasteiger partial charge on any atom is 0.338 e. The Bertz CT molecular complexity index is 1080. The average Bonchev–Trinajstić information content (AvgIpc) is 2.81. The molecule has 3 rings (SSSR count). The molecular formula is C25H30N2O6. The number of carbonyl (C=O) groups excluding carboxylic acids is 2. The summed E-state index contributed by atoms with van der Waals surface area (Å²) in [6.07, 6.45) is 0. The van der Waals surface area contributed by atoms with Gasteiger partial charge in [-0.15, -0.1) is 0 Å². The molecule has 1 aliphatic rings. The van der Waals surface area contributed by atoms with Crippen molar-refractivity contribution in [1.29, 1.82) is 0 Å². The molecule has 8 heteroatoms. The first-order chi connectivity index (χ1) is 15.8. The maximum absolute atomic E-state index is 13.1. The van der Waals surface area contributed by atoms with E-state index in [9.17, 15) is 9.59 Å². The van der Waals surface area contributed by atoms with E-state index in [1.165, 1.54) is 12.0 Å². The zero-order valence-electron chi connectivity index (χ0n) is 19.9. The number of benzene rings is 2. The summed E-state index contributed by atoms with van der Waals surface area (Å²) in [4.78, 5) is 27.4. The number of aryl methyl sites for hydroxylation is 2. The molecule has 0 unspecified atom stereocenters. The lowest BCUT2D eigenvalue weighted by Gasteiger charge is -2.35. The molecule has 1 heterocycles. The molecule has 0 bridgehead atoms. The molecule has 8 nitrogen and oxygen atoms in total. The molecule has 2 aromatic carbocycles. The van der Waals surface area contributed by atoms with Gasteiger partial charge in [0.25, 0.3) is 0 Å². The number of hydrogen-bond donors (Lipinski definition) is 1. The molecule has 0 spiro atoms.